The number of hydrogen-bond acceptors (Lipinski definition) is 5. The third-order valence-corrected chi connectivity index (χ3v) is 6.89. The highest BCUT2D eigenvalue weighted by molar-refractivity contribution is 7.89. The van der Waals surface area contributed by atoms with E-state index in [9.17, 15) is 13.2 Å². The molecule has 0 aromatic heterocycles. The number of carbonyl (C=O) groups is 1. The molecule has 7 nitrogen and oxygen atoms in total. The van der Waals surface area contributed by atoms with Gasteiger partial charge >= 0.3 is 0 Å². The Kier molecular flexibility index (Phi) is 6.89. The standard InChI is InChI=1S/C21H27N3O4S/c1-17-8-9-19(29(26,27)24-12-14-28-15-13-24)16-20(17)21(25)22-10-11-23(2)18-6-4-3-5-7-18/h3-9,16H,10-15H2,1-2H3,(H,22,25). The highest BCUT2D eigenvalue weighted by Crippen LogP contribution is 2.20. The molecule has 29 heavy (non-hydrogen) atoms. The molecular formula is C21H27N3O4S. The normalized spacial score (nSPS) is 15.1. The highest BCUT2D eigenvalue weighted by Gasteiger charge is 2.27. The van der Waals surface area contributed by atoms with Crippen molar-refractivity contribution < 1.29 is 17.9 Å². The molecule has 0 spiro atoms. The van der Waals surface area contributed by atoms with E-state index < -0.39 is 10.0 Å². The van der Waals surface area contributed by atoms with E-state index >= 15 is 0 Å². The van der Waals surface area contributed by atoms with Gasteiger partial charge in [-0.05, 0) is 36.8 Å². The summed E-state index contributed by atoms with van der Waals surface area (Å²) in [5.74, 6) is -0.275. The first kappa shape index (κ1) is 21.3. The fraction of sp³-hybridized carbons (Fsp3) is 0.381. The van der Waals surface area contributed by atoms with Crippen LogP contribution in [-0.4, -0.2) is 65.1 Å². The van der Waals surface area contributed by atoms with Crippen molar-refractivity contribution >= 4 is 21.6 Å². The first-order valence-electron chi connectivity index (χ1n) is 9.62. The summed E-state index contributed by atoms with van der Waals surface area (Å²) in [6.45, 7) is 4.30. The van der Waals surface area contributed by atoms with Gasteiger partial charge < -0.3 is 15.0 Å². The maximum absolute atomic E-state index is 12.9. The van der Waals surface area contributed by atoms with Crippen molar-refractivity contribution in [2.75, 3.05) is 51.3 Å². The first-order valence-corrected chi connectivity index (χ1v) is 11.1. The molecule has 1 heterocycles. The largest absolute Gasteiger partial charge is 0.379 e. The minimum atomic E-state index is -3.64. The van der Waals surface area contributed by atoms with E-state index in [1.807, 2.05) is 42.3 Å². The number of anilines is 1. The zero-order valence-corrected chi connectivity index (χ0v) is 17.6. The van der Waals surface area contributed by atoms with Crippen LogP contribution in [0, 0.1) is 6.92 Å². The van der Waals surface area contributed by atoms with Crippen LogP contribution in [0.3, 0.4) is 0 Å². The summed E-state index contributed by atoms with van der Waals surface area (Å²) in [6, 6.07) is 14.6. The van der Waals surface area contributed by atoms with E-state index in [0.717, 1.165) is 11.3 Å². The number of amides is 1. The van der Waals surface area contributed by atoms with Crippen molar-refractivity contribution in [2.45, 2.75) is 11.8 Å². The number of likely N-dealkylation sites (N-methyl/N-ethyl adjacent to an activating group) is 1. The number of ether oxygens (including phenoxy) is 1. The molecule has 0 radical (unpaired) electrons. The van der Waals surface area contributed by atoms with Crippen LogP contribution in [0.1, 0.15) is 15.9 Å². The van der Waals surface area contributed by atoms with Crippen molar-refractivity contribution in [2.24, 2.45) is 0 Å². The van der Waals surface area contributed by atoms with Crippen LogP contribution in [0.5, 0.6) is 0 Å². The van der Waals surface area contributed by atoms with Crippen molar-refractivity contribution in [3.05, 3.63) is 59.7 Å². The molecule has 1 fully saturated rings. The molecule has 2 aromatic rings. The SMILES string of the molecule is Cc1ccc(S(=O)(=O)N2CCOCC2)cc1C(=O)NCCN(C)c1ccccc1. The minimum absolute atomic E-state index is 0.136. The van der Waals surface area contributed by atoms with Crippen molar-refractivity contribution in [3.63, 3.8) is 0 Å². The Hall–Kier alpha value is -2.42. The second kappa shape index (κ2) is 9.39. The van der Waals surface area contributed by atoms with Crippen LogP contribution in [0.25, 0.3) is 0 Å². The summed E-state index contributed by atoms with van der Waals surface area (Å²) in [7, 11) is -1.68. The van der Waals surface area contributed by atoms with E-state index in [1.165, 1.54) is 10.4 Å². The number of nitrogens with one attached hydrogen (secondary N) is 1. The molecule has 1 saturated heterocycles. The number of benzene rings is 2. The van der Waals surface area contributed by atoms with E-state index in [-0.39, 0.29) is 10.8 Å². The number of hydrogen-bond donors (Lipinski definition) is 1. The topological polar surface area (TPSA) is 78.9 Å². The quantitative estimate of drug-likeness (QED) is 0.744. The van der Waals surface area contributed by atoms with E-state index in [4.69, 9.17) is 4.74 Å². The van der Waals surface area contributed by atoms with Gasteiger partial charge in [0.2, 0.25) is 10.0 Å². The van der Waals surface area contributed by atoms with Gasteiger partial charge in [-0.15, -0.1) is 0 Å². The number of morpholine rings is 1. The average molecular weight is 418 g/mol. The van der Waals surface area contributed by atoms with Crippen LogP contribution >= 0.6 is 0 Å². The number of carbonyl (C=O) groups excluding carboxylic acids is 1. The molecule has 8 heteroatoms. The molecule has 3 rings (SSSR count). The molecule has 0 atom stereocenters. The molecule has 156 valence electrons. The molecule has 1 aliphatic heterocycles. The van der Waals surface area contributed by atoms with Crippen molar-refractivity contribution in [1.29, 1.82) is 0 Å². The van der Waals surface area contributed by atoms with Gasteiger partial charge in [0.25, 0.3) is 5.91 Å². The molecular weight excluding hydrogens is 390 g/mol. The monoisotopic (exact) mass is 417 g/mol. The summed E-state index contributed by atoms with van der Waals surface area (Å²) < 4.78 is 32.4. The summed E-state index contributed by atoms with van der Waals surface area (Å²) in [5.41, 5.74) is 2.18. The lowest BCUT2D eigenvalue weighted by atomic mass is 10.1. The number of nitrogens with zero attached hydrogens (tertiary/aromatic N) is 2. The number of sulfonamides is 1. The molecule has 0 saturated carbocycles. The third kappa shape index (κ3) is 5.14. The Morgan fingerprint density at radius 3 is 2.52 bits per heavy atom. The first-order chi connectivity index (χ1) is 13.9. The van der Waals surface area contributed by atoms with Gasteiger partial charge in [0.05, 0.1) is 18.1 Å². The number of rotatable bonds is 7. The zero-order valence-electron chi connectivity index (χ0n) is 16.8. The highest BCUT2D eigenvalue weighted by atomic mass is 32.2. The number of aryl methyl sites for hydroxylation is 1. The van der Waals surface area contributed by atoms with Crippen LogP contribution < -0.4 is 10.2 Å². The van der Waals surface area contributed by atoms with Gasteiger partial charge in [-0.25, -0.2) is 8.42 Å². The predicted molar refractivity (Wildman–Crippen MR) is 113 cm³/mol. The lowest BCUT2D eigenvalue weighted by Gasteiger charge is -2.26. The summed E-state index contributed by atoms with van der Waals surface area (Å²) in [5, 5.41) is 2.89. The Morgan fingerprint density at radius 2 is 1.83 bits per heavy atom. The van der Waals surface area contributed by atoms with Gasteiger partial charge in [-0.3, -0.25) is 4.79 Å². The molecule has 1 N–H and O–H groups in total. The van der Waals surface area contributed by atoms with Gasteiger partial charge in [-0.1, -0.05) is 24.3 Å². The van der Waals surface area contributed by atoms with E-state index in [2.05, 4.69) is 5.32 Å². The summed E-state index contributed by atoms with van der Waals surface area (Å²) in [4.78, 5) is 14.9. The molecule has 1 aliphatic rings. The Balaban J connectivity index is 1.66. The fourth-order valence-electron chi connectivity index (χ4n) is 3.19. The van der Waals surface area contributed by atoms with Gasteiger partial charge in [-0.2, -0.15) is 4.31 Å². The smallest absolute Gasteiger partial charge is 0.251 e. The molecule has 0 bridgehead atoms. The van der Waals surface area contributed by atoms with E-state index in [0.29, 0.717) is 45.0 Å². The maximum atomic E-state index is 12.9. The van der Waals surface area contributed by atoms with Crippen LogP contribution in [0.2, 0.25) is 0 Å². The Morgan fingerprint density at radius 1 is 1.14 bits per heavy atom. The van der Waals surface area contributed by atoms with Crippen LogP contribution in [0.4, 0.5) is 5.69 Å². The second-order valence-electron chi connectivity index (χ2n) is 7.01. The lowest BCUT2D eigenvalue weighted by Crippen LogP contribution is -2.40. The Labute approximate surface area is 172 Å². The van der Waals surface area contributed by atoms with Crippen LogP contribution in [-0.2, 0) is 14.8 Å². The molecule has 2 aromatic carbocycles. The molecule has 1 amide bonds. The lowest BCUT2D eigenvalue weighted by molar-refractivity contribution is 0.0730. The van der Waals surface area contributed by atoms with Crippen molar-refractivity contribution in [3.8, 4) is 0 Å². The third-order valence-electron chi connectivity index (χ3n) is 4.99. The molecule has 0 unspecified atom stereocenters. The van der Waals surface area contributed by atoms with Gasteiger partial charge in [0.1, 0.15) is 0 Å². The predicted octanol–water partition coefficient (Wildman–Crippen LogP) is 1.88. The van der Waals surface area contributed by atoms with Crippen LogP contribution in [0.15, 0.2) is 53.4 Å². The van der Waals surface area contributed by atoms with E-state index in [1.54, 1.807) is 19.1 Å². The average Bonchev–Trinajstić information content (AvgIpc) is 2.75. The Bertz CT molecular complexity index is 942. The summed E-state index contributed by atoms with van der Waals surface area (Å²) >= 11 is 0. The number of para-hydroxylation sites is 1. The van der Waals surface area contributed by atoms with Gasteiger partial charge in [0.15, 0.2) is 0 Å². The summed E-state index contributed by atoms with van der Waals surface area (Å²) in [6.07, 6.45) is 0. The zero-order chi connectivity index (χ0) is 20.9. The maximum Gasteiger partial charge on any atom is 0.251 e. The van der Waals surface area contributed by atoms with Crippen molar-refractivity contribution in [1.82, 2.24) is 9.62 Å². The van der Waals surface area contributed by atoms with Gasteiger partial charge in [0, 0.05) is 44.5 Å². The second-order valence-corrected chi connectivity index (χ2v) is 8.94. The minimum Gasteiger partial charge on any atom is -0.379 e. The fourth-order valence-corrected chi connectivity index (χ4v) is 4.62. The molecule has 0 aliphatic carbocycles.